The van der Waals surface area contributed by atoms with Gasteiger partial charge in [-0.15, -0.1) is 0 Å². The quantitative estimate of drug-likeness (QED) is 0.453. The molecule has 3 heterocycles. The van der Waals surface area contributed by atoms with Crippen molar-refractivity contribution in [2.75, 3.05) is 52.4 Å². The van der Waals surface area contributed by atoms with Crippen molar-refractivity contribution in [1.29, 1.82) is 0 Å². The van der Waals surface area contributed by atoms with Crippen molar-refractivity contribution in [1.82, 2.24) is 4.90 Å². The van der Waals surface area contributed by atoms with Gasteiger partial charge >= 0.3 is 0 Å². The van der Waals surface area contributed by atoms with Crippen LogP contribution in [0.5, 0.6) is 0 Å². The number of nitrogens with zero attached hydrogens (tertiary/aromatic N) is 2. The summed E-state index contributed by atoms with van der Waals surface area (Å²) in [4.78, 5) is 2.53. The molecule has 72 valence electrons. The average molecular weight is 193 g/mol. The molecule has 0 spiro atoms. The van der Waals surface area contributed by atoms with Gasteiger partial charge < -0.3 is 22.0 Å². The summed E-state index contributed by atoms with van der Waals surface area (Å²) in [6.07, 6.45) is 0. The zero-order chi connectivity index (χ0) is 7.73. The minimum absolute atomic E-state index is 0. The first-order chi connectivity index (χ1) is 5.35. The van der Waals surface area contributed by atoms with Crippen molar-refractivity contribution in [2.24, 2.45) is 0 Å². The summed E-state index contributed by atoms with van der Waals surface area (Å²) in [6.45, 7) is 8.88. The number of fused-ring (bicyclic) bond motifs is 3. The van der Waals surface area contributed by atoms with Crippen LogP contribution in [0.25, 0.3) is 0 Å². The van der Waals surface area contributed by atoms with E-state index in [0.29, 0.717) is 6.61 Å². The largest absolute Gasteiger partial charge is 1.00 e. The fraction of sp³-hybridized carbons (Fsp3) is 1.00. The van der Waals surface area contributed by atoms with Crippen LogP contribution < -0.4 is 12.4 Å². The van der Waals surface area contributed by atoms with Gasteiger partial charge in [-0.05, 0) is 0 Å². The van der Waals surface area contributed by atoms with Crippen molar-refractivity contribution in [3.63, 3.8) is 0 Å². The van der Waals surface area contributed by atoms with Crippen LogP contribution in [0.4, 0.5) is 0 Å². The van der Waals surface area contributed by atoms with Crippen molar-refractivity contribution < 1.29 is 22.0 Å². The smallest absolute Gasteiger partial charge is 0.102 e. The van der Waals surface area contributed by atoms with E-state index in [1.54, 1.807) is 0 Å². The van der Waals surface area contributed by atoms with Crippen LogP contribution in [0, 0.1) is 0 Å². The van der Waals surface area contributed by atoms with E-state index in [9.17, 15) is 0 Å². The summed E-state index contributed by atoms with van der Waals surface area (Å²) in [5, 5.41) is 8.90. The third kappa shape index (κ3) is 1.74. The molecule has 1 N–H and O–H groups in total. The highest BCUT2D eigenvalue weighted by Gasteiger charge is 2.37. The zero-order valence-electron chi connectivity index (χ0n) is 7.38. The van der Waals surface area contributed by atoms with Gasteiger partial charge in [0.25, 0.3) is 0 Å². The Morgan fingerprint density at radius 3 is 2.00 bits per heavy atom. The number of hydrogen-bond acceptors (Lipinski definition) is 2. The molecule has 3 aliphatic heterocycles. The van der Waals surface area contributed by atoms with Crippen LogP contribution in [-0.4, -0.2) is 66.9 Å². The van der Waals surface area contributed by atoms with Gasteiger partial charge in [-0.25, -0.2) is 0 Å². The lowest BCUT2D eigenvalue weighted by atomic mass is 10.1. The van der Waals surface area contributed by atoms with Crippen LogP contribution in [0.3, 0.4) is 0 Å². The van der Waals surface area contributed by atoms with Crippen molar-refractivity contribution in [3.05, 3.63) is 0 Å². The van der Waals surface area contributed by atoms with Crippen LogP contribution in [0.15, 0.2) is 0 Å². The number of halogens is 1. The molecule has 0 aromatic rings. The molecular weight excluding hydrogens is 176 g/mol. The van der Waals surface area contributed by atoms with E-state index in [1.165, 1.54) is 43.8 Å². The third-order valence-corrected chi connectivity index (χ3v) is 3.25. The zero-order valence-corrected chi connectivity index (χ0v) is 8.13. The van der Waals surface area contributed by atoms with Crippen molar-refractivity contribution >= 4 is 0 Å². The topological polar surface area (TPSA) is 23.5 Å². The van der Waals surface area contributed by atoms with Gasteiger partial charge in [0.1, 0.15) is 6.54 Å². The highest BCUT2D eigenvalue weighted by atomic mass is 35.5. The SMILES string of the molecule is OCC[N+]12CCN(CC1)CC2.[Cl-]. The highest BCUT2D eigenvalue weighted by molar-refractivity contribution is 4.70. The maximum absolute atomic E-state index is 8.90. The normalized spacial score (nSPS) is 39.2. The minimum atomic E-state index is 0. The van der Waals surface area contributed by atoms with Gasteiger partial charge in [-0.3, -0.25) is 4.90 Å². The number of aliphatic hydroxyl groups is 1. The van der Waals surface area contributed by atoms with Gasteiger partial charge in [0.05, 0.1) is 26.2 Å². The summed E-state index contributed by atoms with van der Waals surface area (Å²) >= 11 is 0. The predicted molar refractivity (Wildman–Crippen MR) is 43.3 cm³/mol. The van der Waals surface area contributed by atoms with Gasteiger partial charge in [-0.2, -0.15) is 0 Å². The second-order valence-electron chi connectivity index (χ2n) is 3.80. The van der Waals surface area contributed by atoms with E-state index >= 15 is 0 Å². The molecule has 0 aliphatic carbocycles. The van der Waals surface area contributed by atoms with E-state index in [2.05, 4.69) is 4.90 Å². The Labute approximate surface area is 80.0 Å². The monoisotopic (exact) mass is 192 g/mol. The molecule has 0 saturated carbocycles. The first-order valence-corrected chi connectivity index (χ1v) is 4.53. The molecule has 3 saturated heterocycles. The summed E-state index contributed by atoms with van der Waals surface area (Å²) in [6, 6.07) is 0. The highest BCUT2D eigenvalue weighted by Crippen LogP contribution is 2.18. The first-order valence-electron chi connectivity index (χ1n) is 4.53. The van der Waals surface area contributed by atoms with E-state index in [-0.39, 0.29) is 12.4 Å². The molecule has 0 unspecified atom stereocenters. The van der Waals surface area contributed by atoms with Gasteiger partial charge in [0.2, 0.25) is 0 Å². The molecule has 0 aromatic carbocycles. The molecule has 3 nitrogen and oxygen atoms in total. The molecule has 2 bridgehead atoms. The minimum Gasteiger partial charge on any atom is -1.00 e. The van der Waals surface area contributed by atoms with Gasteiger partial charge in [0, 0.05) is 19.6 Å². The predicted octanol–water partition coefficient (Wildman–Crippen LogP) is -3.87. The third-order valence-electron chi connectivity index (χ3n) is 3.25. The fourth-order valence-electron chi connectivity index (χ4n) is 2.28. The maximum atomic E-state index is 8.90. The van der Waals surface area contributed by atoms with Crippen LogP contribution in [0.1, 0.15) is 0 Å². The lowest BCUT2D eigenvalue weighted by molar-refractivity contribution is -0.941. The van der Waals surface area contributed by atoms with Gasteiger partial charge in [-0.1, -0.05) is 0 Å². The molecule has 0 aromatic heterocycles. The Morgan fingerprint density at radius 1 is 1.08 bits per heavy atom. The molecule has 0 radical (unpaired) electrons. The molecule has 0 atom stereocenters. The second kappa shape index (κ2) is 3.92. The summed E-state index contributed by atoms with van der Waals surface area (Å²) < 4.78 is 1.19. The second-order valence-corrected chi connectivity index (χ2v) is 3.80. The number of quaternary nitrogens is 1. The van der Waals surface area contributed by atoms with Crippen molar-refractivity contribution in [2.45, 2.75) is 0 Å². The van der Waals surface area contributed by atoms with E-state index in [0.717, 1.165) is 6.54 Å². The molecule has 0 amide bonds. The van der Waals surface area contributed by atoms with E-state index in [1.807, 2.05) is 0 Å². The molecule has 3 aliphatic rings. The molecule has 3 rings (SSSR count). The van der Waals surface area contributed by atoms with Crippen molar-refractivity contribution in [3.8, 4) is 0 Å². The lowest BCUT2D eigenvalue weighted by Gasteiger charge is -2.50. The number of rotatable bonds is 2. The Hall–Kier alpha value is 0.170. The summed E-state index contributed by atoms with van der Waals surface area (Å²) in [7, 11) is 0. The number of aliphatic hydroxyl groups excluding tert-OH is 1. The molecule has 4 heteroatoms. The van der Waals surface area contributed by atoms with E-state index < -0.39 is 0 Å². The summed E-state index contributed by atoms with van der Waals surface area (Å²) in [5.41, 5.74) is 0. The Balaban J connectivity index is 0.000000720. The lowest BCUT2D eigenvalue weighted by Crippen LogP contribution is -3.00. The average Bonchev–Trinajstić information content (AvgIpc) is 2.07. The summed E-state index contributed by atoms with van der Waals surface area (Å²) in [5.74, 6) is 0. The first kappa shape index (κ1) is 10.3. The number of piperazine rings is 3. The molecule has 12 heavy (non-hydrogen) atoms. The standard InChI is InChI=1S/C8H17N2O.ClH/c11-8-7-10-4-1-9(2-5-10)3-6-10;/h11H,1-8H2;1H/q+1;/p-1. The molecular formula is C8H17ClN2O. The fourth-order valence-corrected chi connectivity index (χ4v) is 2.28. The Kier molecular flexibility index (Phi) is 3.35. The molecule has 3 fully saturated rings. The Morgan fingerprint density at radius 2 is 1.58 bits per heavy atom. The van der Waals surface area contributed by atoms with E-state index in [4.69, 9.17) is 5.11 Å². The van der Waals surface area contributed by atoms with Gasteiger partial charge in [0.15, 0.2) is 0 Å². The van der Waals surface area contributed by atoms with Crippen LogP contribution in [-0.2, 0) is 0 Å². The van der Waals surface area contributed by atoms with Crippen LogP contribution in [0.2, 0.25) is 0 Å². The number of hydrogen-bond donors (Lipinski definition) is 1. The Bertz CT molecular complexity index is 126. The maximum Gasteiger partial charge on any atom is 0.102 e. The van der Waals surface area contributed by atoms with Crippen LogP contribution >= 0.6 is 0 Å².